The van der Waals surface area contributed by atoms with Crippen LogP contribution in [-0.4, -0.2) is 35.6 Å². The second-order valence-corrected chi connectivity index (χ2v) is 12.5. The highest BCUT2D eigenvalue weighted by Crippen LogP contribution is 2.15. The summed E-state index contributed by atoms with van der Waals surface area (Å²) in [6.45, 7) is 4.13. The Bertz CT molecular complexity index is 845. The van der Waals surface area contributed by atoms with Crippen LogP contribution in [-0.2, 0) is 19.1 Å². The van der Waals surface area contributed by atoms with E-state index in [-0.39, 0.29) is 24.5 Å². The van der Waals surface area contributed by atoms with Gasteiger partial charge in [-0.05, 0) is 83.1 Å². The van der Waals surface area contributed by atoms with Gasteiger partial charge in [-0.15, -0.1) is 0 Å². The zero-order chi connectivity index (χ0) is 33.8. The SMILES string of the molecule is CCCCC/C=C\C/C=C\C/C=C\CCCCCCCCC(=O)OC(/C=C\CCCCCC)CCCCCCC(=O)NCC(=O)O. The molecular formula is C40H69NO5. The molecule has 46 heavy (non-hydrogen) atoms. The summed E-state index contributed by atoms with van der Waals surface area (Å²) in [4.78, 5) is 34.8. The standard InChI is InChI=1S/C40H69NO5/c1-3-5-7-9-11-12-13-14-15-16-17-18-19-20-21-22-23-25-31-35-40(45)46-37(32-28-24-10-8-6-4-2)33-29-26-27-30-34-38(42)41-36-39(43)44/h11-12,14-15,17-18,28,32,37H,3-10,13,16,19-27,29-31,33-36H2,1-2H3,(H,41,42)(H,43,44)/b12-11-,15-14-,18-17-,32-28-. The van der Waals surface area contributed by atoms with Crippen LogP contribution >= 0.6 is 0 Å². The Morgan fingerprint density at radius 2 is 1.07 bits per heavy atom. The van der Waals surface area contributed by atoms with Crippen molar-refractivity contribution >= 4 is 17.8 Å². The van der Waals surface area contributed by atoms with Crippen molar-refractivity contribution in [2.45, 2.75) is 180 Å². The highest BCUT2D eigenvalue weighted by atomic mass is 16.5. The number of aliphatic carboxylic acids is 1. The molecule has 264 valence electrons. The van der Waals surface area contributed by atoms with Crippen LogP contribution in [0.4, 0.5) is 0 Å². The molecule has 1 unspecified atom stereocenters. The predicted molar refractivity (Wildman–Crippen MR) is 194 cm³/mol. The number of hydrogen-bond acceptors (Lipinski definition) is 4. The molecule has 1 amide bonds. The molecule has 0 saturated carbocycles. The average Bonchev–Trinajstić information content (AvgIpc) is 3.04. The summed E-state index contributed by atoms with van der Waals surface area (Å²) < 4.78 is 5.85. The fourth-order valence-corrected chi connectivity index (χ4v) is 5.13. The third-order valence-corrected chi connectivity index (χ3v) is 7.96. The zero-order valence-corrected chi connectivity index (χ0v) is 29.7. The van der Waals surface area contributed by atoms with E-state index in [2.05, 4.69) is 67.8 Å². The normalized spacial score (nSPS) is 12.6. The molecule has 6 nitrogen and oxygen atoms in total. The number of carboxylic acids is 1. The first-order chi connectivity index (χ1) is 22.5. The van der Waals surface area contributed by atoms with Crippen molar-refractivity contribution in [2.24, 2.45) is 0 Å². The van der Waals surface area contributed by atoms with Crippen molar-refractivity contribution in [1.29, 1.82) is 0 Å². The van der Waals surface area contributed by atoms with Crippen molar-refractivity contribution in [1.82, 2.24) is 5.32 Å². The number of carboxylic acid groups (broad SMARTS) is 1. The summed E-state index contributed by atoms with van der Waals surface area (Å²) in [5.74, 6) is -1.35. The van der Waals surface area contributed by atoms with Crippen LogP contribution in [0.5, 0.6) is 0 Å². The second kappa shape index (κ2) is 35.2. The van der Waals surface area contributed by atoms with Gasteiger partial charge in [-0.1, -0.05) is 127 Å². The van der Waals surface area contributed by atoms with Gasteiger partial charge in [-0.3, -0.25) is 14.4 Å². The number of nitrogens with one attached hydrogen (secondary N) is 1. The molecule has 2 N–H and O–H groups in total. The van der Waals surface area contributed by atoms with E-state index in [9.17, 15) is 14.4 Å². The van der Waals surface area contributed by atoms with Crippen LogP contribution in [0, 0.1) is 0 Å². The number of unbranched alkanes of at least 4 members (excludes halogenated alkanes) is 16. The molecule has 0 spiro atoms. The summed E-state index contributed by atoms with van der Waals surface area (Å²) in [5, 5.41) is 11.0. The van der Waals surface area contributed by atoms with Gasteiger partial charge in [0.2, 0.25) is 5.91 Å². The van der Waals surface area contributed by atoms with Gasteiger partial charge in [0, 0.05) is 12.8 Å². The van der Waals surface area contributed by atoms with Gasteiger partial charge >= 0.3 is 11.9 Å². The Morgan fingerprint density at radius 3 is 1.70 bits per heavy atom. The molecule has 6 heteroatoms. The average molecular weight is 644 g/mol. The Kier molecular flexibility index (Phi) is 33.2. The second-order valence-electron chi connectivity index (χ2n) is 12.5. The lowest BCUT2D eigenvalue weighted by molar-refractivity contribution is -0.147. The lowest BCUT2D eigenvalue weighted by Gasteiger charge is -2.15. The largest absolute Gasteiger partial charge is 0.480 e. The third kappa shape index (κ3) is 34.2. The van der Waals surface area contributed by atoms with Crippen LogP contribution in [0.3, 0.4) is 0 Å². The van der Waals surface area contributed by atoms with Gasteiger partial charge in [-0.25, -0.2) is 0 Å². The van der Waals surface area contributed by atoms with Gasteiger partial charge in [-0.2, -0.15) is 0 Å². The molecule has 0 heterocycles. The molecule has 0 fully saturated rings. The fraction of sp³-hybridized carbons (Fsp3) is 0.725. The molecule has 0 aromatic rings. The molecule has 0 aromatic heterocycles. The molecule has 0 aromatic carbocycles. The molecule has 0 aliphatic heterocycles. The summed E-state index contributed by atoms with van der Waals surface area (Å²) >= 11 is 0. The van der Waals surface area contributed by atoms with Gasteiger partial charge < -0.3 is 15.2 Å². The van der Waals surface area contributed by atoms with Crippen molar-refractivity contribution in [3.63, 3.8) is 0 Å². The number of esters is 1. The van der Waals surface area contributed by atoms with Crippen LogP contribution in [0.1, 0.15) is 174 Å². The van der Waals surface area contributed by atoms with Crippen LogP contribution < -0.4 is 5.32 Å². The van der Waals surface area contributed by atoms with E-state index >= 15 is 0 Å². The summed E-state index contributed by atoms with van der Waals surface area (Å²) in [6.07, 6.45) is 43.9. The highest BCUT2D eigenvalue weighted by Gasteiger charge is 2.12. The molecule has 0 radical (unpaired) electrons. The van der Waals surface area contributed by atoms with Gasteiger partial charge in [0.15, 0.2) is 0 Å². The summed E-state index contributed by atoms with van der Waals surface area (Å²) in [6, 6.07) is 0. The minimum absolute atomic E-state index is 0.0992. The maximum absolute atomic E-state index is 12.6. The van der Waals surface area contributed by atoms with E-state index in [1.54, 1.807) is 0 Å². The smallest absolute Gasteiger partial charge is 0.322 e. The van der Waals surface area contributed by atoms with E-state index in [0.29, 0.717) is 12.8 Å². The lowest BCUT2D eigenvalue weighted by Crippen LogP contribution is -2.28. The molecule has 0 aliphatic rings. The van der Waals surface area contributed by atoms with Crippen LogP contribution in [0.15, 0.2) is 48.6 Å². The van der Waals surface area contributed by atoms with Crippen molar-refractivity contribution in [3.8, 4) is 0 Å². The van der Waals surface area contributed by atoms with Crippen molar-refractivity contribution in [2.75, 3.05) is 6.54 Å². The highest BCUT2D eigenvalue weighted by molar-refractivity contribution is 5.80. The van der Waals surface area contributed by atoms with Gasteiger partial charge in [0.05, 0.1) is 0 Å². The van der Waals surface area contributed by atoms with Crippen molar-refractivity contribution < 1.29 is 24.2 Å². The van der Waals surface area contributed by atoms with Crippen LogP contribution in [0.2, 0.25) is 0 Å². The van der Waals surface area contributed by atoms with E-state index in [1.807, 2.05) is 0 Å². The minimum atomic E-state index is -1.03. The minimum Gasteiger partial charge on any atom is -0.480 e. The Morgan fingerprint density at radius 1 is 0.587 bits per heavy atom. The maximum atomic E-state index is 12.6. The first kappa shape index (κ1) is 43.4. The monoisotopic (exact) mass is 644 g/mol. The molecule has 0 saturated heterocycles. The van der Waals surface area contributed by atoms with Crippen LogP contribution in [0.25, 0.3) is 0 Å². The fourth-order valence-electron chi connectivity index (χ4n) is 5.13. The Hall–Kier alpha value is -2.63. The number of rotatable bonds is 33. The van der Waals surface area contributed by atoms with Crippen molar-refractivity contribution in [3.05, 3.63) is 48.6 Å². The third-order valence-electron chi connectivity index (χ3n) is 7.96. The first-order valence-electron chi connectivity index (χ1n) is 18.8. The Labute approximate surface area is 282 Å². The quantitative estimate of drug-likeness (QED) is 0.0422. The van der Waals surface area contributed by atoms with Gasteiger partial charge in [0.25, 0.3) is 0 Å². The maximum Gasteiger partial charge on any atom is 0.322 e. The lowest BCUT2D eigenvalue weighted by atomic mass is 10.1. The molecule has 0 bridgehead atoms. The Balaban J connectivity index is 4.04. The predicted octanol–water partition coefficient (Wildman–Crippen LogP) is 11.1. The van der Waals surface area contributed by atoms with E-state index < -0.39 is 5.97 Å². The number of ether oxygens (including phenoxy) is 1. The van der Waals surface area contributed by atoms with Gasteiger partial charge in [0.1, 0.15) is 12.6 Å². The summed E-state index contributed by atoms with van der Waals surface area (Å²) in [5.41, 5.74) is 0. The number of hydrogen-bond donors (Lipinski definition) is 2. The van der Waals surface area contributed by atoms with E-state index in [0.717, 1.165) is 70.6 Å². The topological polar surface area (TPSA) is 92.7 Å². The number of allylic oxidation sites excluding steroid dienone is 7. The molecule has 0 rings (SSSR count). The number of carbonyl (C=O) groups excluding carboxylic acids is 2. The zero-order valence-electron chi connectivity index (χ0n) is 29.7. The molecule has 1 atom stereocenters. The van der Waals surface area contributed by atoms with E-state index in [4.69, 9.17) is 9.84 Å². The van der Waals surface area contributed by atoms with E-state index in [1.165, 1.54) is 77.0 Å². The number of amides is 1. The first-order valence-corrected chi connectivity index (χ1v) is 18.8. The molecular weight excluding hydrogens is 574 g/mol. The summed E-state index contributed by atoms with van der Waals surface area (Å²) in [7, 11) is 0. The molecule has 0 aliphatic carbocycles. The number of carbonyl (C=O) groups is 3.